The lowest BCUT2D eigenvalue weighted by Crippen LogP contribution is -2.80. The average Bonchev–Trinajstić information content (AvgIpc) is 2.74. The molecule has 0 unspecified atom stereocenters. The highest BCUT2D eigenvalue weighted by molar-refractivity contribution is 4.83. The lowest BCUT2D eigenvalue weighted by atomic mass is 10.2. The summed E-state index contributed by atoms with van der Waals surface area (Å²) in [4.78, 5) is 46.8. The van der Waals surface area contributed by atoms with E-state index in [4.69, 9.17) is 0 Å². The first-order chi connectivity index (χ1) is 17.5. The molecular weight excluding hydrogens is 568 g/mol. The van der Waals surface area contributed by atoms with E-state index < -0.39 is 105 Å². The van der Waals surface area contributed by atoms with E-state index in [-0.39, 0.29) is 0 Å². The minimum atomic E-state index is -4.17. The van der Waals surface area contributed by atoms with Crippen LogP contribution in [0.25, 0.3) is 0 Å². The summed E-state index contributed by atoms with van der Waals surface area (Å²) in [6.07, 6.45) is 0. The van der Waals surface area contributed by atoms with Crippen molar-refractivity contribution in [2.24, 2.45) is 0 Å². The van der Waals surface area contributed by atoms with Gasteiger partial charge in [0.05, 0.1) is 0 Å². The Morgan fingerprint density at radius 1 is 0.526 bits per heavy atom. The molecule has 0 heterocycles. The zero-order chi connectivity index (χ0) is 29.8. The van der Waals surface area contributed by atoms with Gasteiger partial charge in [0.2, 0.25) is 0 Å². The van der Waals surface area contributed by atoms with Crippen LogP contribution in [0.1, 0.15) is 0 Å². The van der Waals surface area contributed by atoms with Crippen molar-refractivity contribution in [2.75, 3.05) is 33.2 Å². The second kappa shape index (κ2) is 15.4. The maximum absolute atomic E-state index is 12.8. The first-order valence-corrected chi connectivity index (χ1v) is 9.18. The molecule has 0 aromatic heterocycles. The highest BCUT2D eigenvalue weighted by atomic mass is 19.3. The summed E-state index contributed by atoms with van der Waals surface area (Å²) in [7, 11) is 0. The molecule has 0 spiro atoms. The van der Waals surface area contributed by atoms with E-state index in [2.05, 4.69) is 0 Å². The van der Waals surface area contributed by atoms with E-state index >= 15 is 0 Å². The molecular formula is C10H18F8N12O8. The van der Waals surface area contributed by atoms with Gasteiger partial charge in [0, 0.05) is 0 Å². The Hall–Kier alpha value is -3.92. The van der Waals surface area contributed by atoms with Gasteiger partial charge >= 0.3 is 5.79 Å². The molecule has 0 fully saturated rings. The van der Waals surface area contributed by atoms with Gasteiger partial charge in [0.25, 0.3) is 26.2 Å². The fraction of sp³-hybridized carbons (Fsp3) is 1.00. The van der Waals surface area contributed by atoms with Crippen LogP contribution in [0.5, 0.6) is 0 Å². The van der Waals surface area contributed by atoms with Crippen LogP contribution in [0.2, 0.25) is 0 Å². The molecule has 28 heteroatoms. The Morgan fingerprint density at radius 2 is 0.789 bits per heavy atom. The molecule has 20 nitrogen and oxygen atoms in total. The summed E-state index contributed by atoms with van der Waals surface area (Å²) in [5, 5.41) is 40.2. The Bertz CT molecular complexity index is 728. The summed E-state index contributed by atoms with van der Waals surface area (Å²) in [5.74, 6) is -4.17. The lowest BCUT2D eigenvalue weighted by Gasteiger charge is -2.42. The topological polar surface area (TPSA) is 234 Å². The highest BCUT2D eigenvalue weighted by Gasteiger charge is 2.66. The number of hydrazine groups is 4. The van der Waals surface area contributed by atoms with Crippen LogP contribution in [0.4, 0.5) is 35.1 Å². The van der Waals surface area contributed by atoms with Crippen molar-refractivity contribution in [2.45, 2.75) is 32.0 Å². The Labute approximate surface area is 203 Å². The third kappa shape index (κ3) is 10.2. The van der Waals surface area contributed by atoms with Gasteiger partial charge in [-0.2, -0.15) is 35.1 Å². The van der Waals surface area contributed by atoms with Gasteiger partial charge in [-0.25, -0.2) is 61.7 Å². The predicted octanol–water partition coefficient (Wildman–Crippen LogP) is -1.31. The number of halogens is 8. The number of rotatable bonds is 21. The molecule has 0 saturated carbocycles. The minimum absolute atomic E-state index is 0.608. The Morgan fingerprint density at radius 3 is 1.00 bits per heavy atom. The maximum Gasteiger partial charge on any atom is 0.377 e. The van der Waals surface area contributed by atoms with Crippen LogP contribution >= 0.6 is 0 Å². The van der Waals surface area contributed by atoms with Crippen molar-refractivity contribution in [3.63, 3.8) is 0 Å². The molecule has 0 aliphatic rings. The number of alkyl halides is 8. The largest absolute Gasteiger partial charge is 0.377 e. The fourth-order valence-corrected chi connectivity index (χ4v) is 2.65. The van der Waals surface area contributed by atoms with Crippen molar-refractivity contribution in [3.8, 4) is 0 Å². The van der Waals surface area contributed by atoms with Crippen LogP contribution in [0, 0.1) is 40.5 Å². The third-order valence-corrected chi connectivity index (χ3v) is 4.07. The van der Waals surface area contributed by atoms with Gasteiger partial charge in [-0.1, -0.05) is 15.0 Å². The van der Waals surface area contributed by atoms with Crippen molar-refractivity contribution in [3.05, 3.63) is 40.5 Å². The van der Waals surface area contributed by atoms with E-state index in [1.807, 2.05) is 0 Å². The zero-order valence-corrected chi connectivity index (χ0v) is 18.2. The number of nitrogens with one attached hydrogen (secondary N) is 4. The van der Waals surface area contributed by atoms with E-state index in [0.717, 1.165) is 21.3 Å². The predicted molar refractivity (Wildman–Crippen MR) is 99.0 cm³/mol. The van der Waals surface area contributed by atoms with Crippen LogP contribution in [-0.4, -0.2) is 105 Å². The summed E-state index contributed by atoms with van der Waals surface area (Å²) < 4.78 is 102. The van der Waals surface area contributed by atoms with Gasteiger partial charge in [-0.15, -0.1) is 5.01 Å². The molecule has 0 aliphatic heterocycles. The smallest absolute Gasteiger partial charge is 0.238 e. The SMILES string of the molecule is O=[N+]([O-])N(CNC(F)F)CC(N(CNC(F)F)[N+](=O)[O-])(N(CNC(F)F)[N+](=O)[O-])N(CNC(F)F)[N+](=O)[O-]. The second-order valence-electron chi connectivity index (χ2n) is 6.24. The first-order valence-electron chi connectivity index (χ1n) is 9.18. The van der Waals surface area contributed by atoms with Crippen LogP contribution in [0.15, 0.2) is 0 Å². The van der Waals surface area contributed by atoms with Crippen molar-refractivity contribution >= 4 is 0 Å². The third-order valence-electron chi connectivity index (χ3n) is 4.07. The molecule has 4 N–H and O–H groups in total. The normalized spacial score (nSPS) is 11.8. The van der Waals surface area contributed by atoms with Gasteiger partial charge in [-0.05, 0) is 0 Å². The minimum Gasteiger partial charge on any atom is -0.238 e. The number of nitrogens with zero attached hydrogens (tertiary/aromatic N) is 8. The quantitative estimate of drug-likeness (QED) is 0.0402. The monoisotopic (exact) mass is 586 g/mol. The molecule has 222 valence electrons. The van der Waals surface area contributed by atoms with E-state index in [1.165, 1.54) is 0 Å². The first kappa shape index (κ1) is 34.1. The van der Waals surface area contributed by atoms with Crippen LogP contribution in [-0.2, 0) is 0 Å². The van der Waals surface area contributed by atoms with Gasteiger partial charge in [-0.3, -0.25) is 0 Å². The van der Waals surface area contributed by atoms with Gasteiger partial charge < -0.3 is 0 Å². The lowest BCUT2D eigenvalue weighted by molar-refractivity contribution is -0.816. The molecule has 0 aromatic carbocycles. The van der Waals surface area contributed by atoms with E-state index in [9.17, 15) is 75.6 Å². The number of nitro groups is 4. The van der Waals surface area contributed by atoms with E-state index in [1.54, 1.807) is 0 Å². The zero-order valence-electron chi connectivity index (χ0n) is 18.2. The fourth-order valence-electron chi connectivity index (χ4n) is 2.65. The number of hydrogen-bond donors (Lipinski definition) is 4. The summed E-state index contributed by atoms with van der Waals surface area (Å²) in [6.45, 7) is -24.6. The van der Waals surface area contributed by atoms with Crippen LogP contribution in [0.3, 0.4) is 0 Å². The van der Waals surface area contributed by atoms with Gasteiger partial charge in [0.1, 0.15) is 26.7 Å². The second-order valence-corrected chi connectivity index (χ2v) is 6.24. The number of hydrogen-bond acceptors (Lipinski definition) is 12. The van der Waals surface area contributed by atoms with Crippen molar-refractivity contribution in [1.82, 2.24) is 41.3 Å². The molecule has 0 radical (unpaired) electrons. The molecule has 0 rings (SSSR count). The average molecular weight is 586 g/mol. The molecule has 0 amide bonds. The summed E-state index contributed by atoms with van der Waals surface area (Å²) in [6, 6.07) is 0. The van der Waals surface area contributed by atoms with Crippen LogP contribution < -0.4 is 21.3 Å². The summed E-state index contributed by atoms with van der Waals surface area (Å²) >= 11 is 0. The highest BCUT2D eigenvalue weighted by Crippen LogP contribution is 2.28. The van der Waals surface area contributed by atoms with Crippen molar-refractivity contribution in [1.29, 1.82) is 0 Å². The molecule has 0 aliphatic carbocycles. The van der Waals surface area contributed by atoms with Crippen molar-refractivity contribution < 1.29 is 55.3 Å². The molecule has 0 saturated heterocycles. The Kier molecular flexibility index (Phi) is 13.8. The summed E-state index contributed by atoms with van der Waals surface area (Å²) in [5.41, 5.74) is 0. The molecule has 0 atom stereocenters. The molecule has 0 aromatic rings. The van der Waals surface area contributed by atoms with Gasteiger partial charge in [0.15, 0.2) is 26.7 Å². The molecule has 0 bridgehead atoms. The maximum atomic E-state index is 12.8. The Balaban J connectivity index is 7.48. The van der Waals surface area contributed by atoms with E-state index in [0.29, 0.717) is 0 Å². The molecule has 38 heavy (non-hydrogen) atoms. The standard InChI is InChI=1S/C10H18F8N12O8/c11-6(12)19-2-23(27(31)32)1-10(24(28(33)34)3-20-7(13)14,25(29(35)36)4-21-8(15)16)26(30(37)38)5-22-9(17)18/h6-9,19-22H,1-5H2.